The number of morpholine rings is 1. The van der Waals surface area contributed by atoms with Crippen LogP contribution in [0.15, 0.2) is 60.7 Å². The summed E-state index contributed by atoms with van der Waals surface area (Å²) < 4.78 is 5.86. The topological polar surface area (TPSA) is 12.5 Å². The van der Waals surface area contributed by atoms with Gasteiger partial charge in [-0.15, -0.1) is 0 Å². The van der Waals surface area contributed by atoms with E-state index in [4.69, 9.17) is 4.74 Å². The highest BCUT2D eigenvalue weighted by Gasteiger charge is 2.34. The fourth-order valence-corrected chi connectivity index (χ4v) is 4.01. The maximum absolute atomic E-state index is 5.86. The van der Waals surface area contributed by atoms with Crippen LogP contribution in [0.2, 0.25) is 0 Å². The Balaban J connectivity index is 1.60. The molecule has 0 aromatic heterocycles. The summed E-state index contributed by atoms with van der Waals surface area (Å²) in [6.07, 6.45) is 3.52. The van der Waals surface area contributed by atoms with E-state index in [1.54, 1.807) is 0 Å². The second-order valence-corrected chi connectivity index (χ2v) is 7.59. The molecule has 0 aliphatic carbocycles. The van der Waals surface area contributed by atoms with Crippen molar-refractivity contribution in [3.05, 3.63) is 77.4 Å². The monoisotopic (exact) mass is 333 g/mol. The van der Waals surface area contributed by atoms with Crippen LogP contribution in [0.5, 0.6) is 0 Å². The van der Waals surface area contributed by atoms with E-state index in [0.717, 1.165) is 26.2 Å². The Hall–Kier alpha value is -1.90. The first kappa shape index (κ1) is 16.6. The molecular weight excluding hydrogens is 306 g/mol. The highest BCUT2D eigenvalue weighted by molar-refractivity contribution is 5.68. The molecule has 0 spiro atoms. The molecule has 4 rings (SSSR count). The predicted octanol–water partition coefficient (Wildman–Crippen LogP) is 4.87. The van der Waals surface area contributed by atoms with Crippen LogP contribution in [0.1, 0.15) is 42.9 Å². The highest BCUT2D eigenvalue weighted by atomic mass is 16.5. The van der Waals surface area contributed by atoms with E-state index in [2.05, 4.69) is 79.4 Å². The van der Waals surface area contributed by atoms with Gasteiger partial charge in [0.25, 0.3) is 0 Å². The predicted molar refractivity (Wildman–Crippen MR) is 104 cm³/mol. The van der Waals surface area contributed by atoms with Crippen LogP contribution in [0, 0.1) is 0 Å². The quantitative estimate of drug-likeness (QED) is 0.792. The average molecular weight is 333 g/mol. The molecule has 130 valence electrons. The lowest BCUT2D eigenvalue weighted by atomic mass is 9.88. The minimum Gasteiger partial charge on any atom is -0.378 e. The fourth-order valence-electron chi connectivity index (χ4n) is 4.01. The molecule has 2 nitrogen and oxygen atoms in total. The Morgan fingerprint density at radius 3 is 2.64 bits per heavy atom. The van der Waals surface area contributed by atoms with Crippen molar-refractivity contribution in [2.45, 2.75) is 44.8 Å². The summed E-state index contributed by atoms with van der Waals surface area (Å²) in [5.41, 5.74) is 5.69. The maximum atomic E-state index is 5.86. The molecule has 2 aromatic rings. The van der Waals surface area contributed by atoms with Crippen molar-refractivity contribution < 1.29 is 4.74 Å². The van der Waals surface area contributed by atoms with E-state index in [-0.39, 0.29) is 0 Å². The fraction of sp³-hybridized carbons (Fsp3) is 0.391. The van der Waals surface area contributed by atoms with Crippen LogP contribution in [-0.2, 0) is 11.3 Å². The lowest BCUT2D eigenvalue weighted by Crippen LogP contribution is -2.53. The van der Waals surface area contributed by atoms with Gasteiger partial charge in [0.15, 0.2) is 0 Å². The molecule has 0 radical (unpaired) electrons. The molecule has 2 aliphatic heterocycles. The van der Waals surface area contributed by atoms with E-state index >= 15 is 0 Å². The molecule has 1 fully saturated rings. The van der Waals surface area contributed by atoms with Crippen molar-refractivity contribution in [2.24, 2.45) is 0 Å². The first-order valence-electron chi connectivity index (χ1n) is 9.39. The van der Waals surface area contributed by atoms with Crippen LogP contribution < -0.4 is 0 Å². The van der Waals surface area contributed by atoms with Gasteiger partial charge < -0.3 is 4.74 Å². The maximum Gasteiger partial charge on any atom is 0.0658 e. The van der Waals surface area contributed by atoms with E-state index < -0.39 is 0 Å². The van der Waals surface area contributed by atoms with Gasteiger partial charge in [-0.2, -0.15) is 0 Å². The minimum absolute atomic E-state index is 0.380. The van der Waals surface area contributed by atoms with E-state index in [1.807, 2.05) is 0 Å². The first-order chi connectivity index (χ1) is 12.2. The Labute approximate surface area is 151 Å². The lowest BCUT2D eigenvalue weighted by molar-refractivity contribution is -0.0402. The largest absolute Gasteiger partial charge is 0.378 e. The molecule has 1 saturated heterocycles. The normalized spacial score (nSPS) is 23.6. The number of nitrogens with zero attached hydrogens (tertiary/aromatic N) is 1. The Bertz CT molecular complexity index is 750. The zero-order valence-corrected chi connectivity index (χ0v) is 15.2. The molecule has 25 heavy (non-hydrogen) atoms. The molecule has 2 heteroatoms. The Morgan fingerprint density at radius 1 is 1.04 bits per heavy atom. The van der Waals surface area contributed by atoms with Crippen LogP contribution >= 0.6 is 0 Å². The van der Waals surface area contributed by atoms with Crippen molar-refractivity contribution in [1.82, 2.24) is 4.90 Å². The Morgan fingerprint density at radius 2 is 1.88 bits per heavy atom. The number of rotatable bonds is 4. The van der Waals surface area contributed by atoms with Crippen LogP contribution in [0.4, 0.5) is 0 Å². The van der Waals surface area contributed by atoms with Crippen molar-refractivity contribution in [1.29, 1.82) is 0 Å². The van der Waals surface area contributed by atoms with E-state index in [0.29, 0.717) is 18.0 Å². The SMILES string of the molecule is CC(C)c1cccc(C2=CC3COCC(C2)N3Cc2ccccc2)c1. The average Bonchev–Trinajstić information content (AvgIpc) is 2.62. The van der Waals surface area contributed by atoms with Gasteiger partial charge in [0, 0.05) is 12.6 Å². The third-order valence-electron chi connectivity index (χ3n) is 5.48. The number of hydrogen-bond acceptors (Lipinski definition) is 2. The molecule has 0 saturated carbocycles. The molecule has 2 bridgehead atoms. The van der Waals surface area contributed by atoms with Crippen molar-refractivity contribution in [2.75, 3.05) is 13.2 Å². The van der Waals surface area contributed by atoms with Gasteiger partial charge in [-0.1, -0.05) is 74.5 Å². The summed E-state index contributed by atoms with van der Waals surface area (Å²) in [5, 5.41) is 0. The summed E-state index contributed by atoms with van der Waals surface area (Å²) in [6.45, 7) is 7.17. The standard InChI is InChI=1S/C23H27NO/c1-17(2)19-9-6-10-20(11-19)21-12-22-15-25-16-23(13-21)24(22)14-18-7-4-3-5-8-18/h3-12,17,22-23H,13-16H2,1-2H3. The second kappa shape index (κ2) is 7.15. The zero-order chi connectivity index (χ0) is 17.2. The molecule has 2 heterocycles. The first-order valence-corrected chi connectivity index (χ1v) is 9.39. The number of benzene rings is 2. The van der Waals surface area contributed by atoms with Crippen LogP contribution in [-0.4, -0.2) is 30.2 Å². The van der Waals surface area contributed by atoms with Gasteiger partial charge in [0.1, 0.15) is 0 Å². The Kier molecular flexibility index (Phi) is 4.74. The number of ether oxygens (including phenoxy) is 1. The van der Waals surface area contributed by atoms with Crippen molar-refractivity contribution in [3.63, 3.8) is 0 Å². The highest BCUT2D eigenvalue weighted by Crippen LogP contribution is 2.34. The molecule has 2 aromatic carbocycles. The molecular formula is C23H27NO. The van der Waals surface area contributed by atoms with Gasteiger partial charge in [-0.05, 0) is 34.6 Å². The molecule has 0 amide bonds. The van der Waals surface area contributed by atoms with Crippen LogP contribution in [0.25, 0.3) is 5.57 Å². The van der Waals surface area contributed by atoms with E-state index in [9.17, 15) is 0 Å². The number of hydrogen-bond donors (Lipinski definition) is 0. The molecule has 2 unspecified atom stereocenters. The second-order valence-electron chi connectivity index (χ2n) is 7.59. The lowest BCUT2D eigenvalue weighted by Gasteiger charge is -2.45. The molecule has 2 aliphatic rings. The van der Waals surface area contributed by atoms with E-state index in [1.165, 1.54) is 22.3 Å². The minimum atomic E-state index is 0.380. The van der Waals surface area contributed by atoms with Gasteiger partial charge in [0.2, 0.25) is 0 Å². The zero-order valence-electron chi connectivity index (χ0n) is 15.2. The summed E-state index contributed by atoms with van der Waals surface area (Å²) in [6, 6.07) is 20.7. The summed E-state index contributed by atoms with van der Waals surface area (Å²) in [7, 11) is 0. The molecule has 2 atom stereocenters. The van der Waals surface area contributed by atoms with Gasteiger partial charge in [0.05, 0.1) is 19.3 Å². The van der Waals surface area contributed by atoms with Crippen LogP contribution in [0.3, 0.4) is 0 Å². The summed E-state index contributed by atoms with van der Waals surface area (Å²) in [4.78, 5) is 2.62. The number of fused-ring (bicyclic) bond motifs is 2. The third-order valence-corrected chi connectivity index (χ3v) is 5.48. The van der Waals surface area contributed by atoms with Crippen molar-refractivity contribution >= 4 is 5.57 Å². The molecule has 0 N–H and O–H groups in total. The summed E-state index contributed by atoms with van der Waals surface area (Å²) in [5.74, 6) is 0.571. The van der Waals surface area contributed by atoms with Gasteiger partial charge in [-0.3, -0.25) is 4.90 Å². The van der Waals surface area contributed by atoms with Crippen molar-refractivity contribution in [3.8, 4) is 0 Å². The smallest absolute Gasteiger partial charge is 0.0658 e. The van der Waals surface area contributed by atoms with Gasteiger partial charge in [-0.25, -0.2) is 0 Å². The summed E-state index contributed by atoms with van der Waals surface area (Å²) >= 11 is 0. The third kappa shape index (κ3) is 3.56. The van der Waals surface area contributed by atoms with Gasteiger partial charge >= 0.3 is 0 Å².